The largest absolute Gasteiger partial charge is 0.497 e. The van der Waals surface area contributed by atoms with Crippen molar-refractivity contribution in [2.24, 2.45) is 0 Å². The summed E-state index contributed by atoms with van der Waals surface area (Å²) in [6, 6.07) is 10.8. The number of nitrogens with zero attached hydrogens (tertiary/aromatic N) is 1. The minimum atomic E-state index is -0.690. The first kappa shape index (κ1) is 24.5. The van der Waals surface area contributed by atoms with Crippen molar-refractivity contribution in [3.05, 3.63) is 59.2 Å². The topological polar surface area (TPSA) is 94.2 Å². The van der Waals surface area contributed by atoms with Gasteiger partial charge in [-0.25, -0.2) is 4.79 Å². The van der Waals surface area contributed by atoms with Gasteiger partial charge in [0, 0.05) is 30.4 Å². The van der Waals surface area contributed by atoms with Crippen LogP contribution in [0.15, 0.2) is 42.5 Å². The summed E-state index contributed by atoms with van der Waals surface area (Å²) < 4.78 is 15.4. The number of benzene rings is 2. The Morgan fingerprint density at radius 1 is 1.03 bits per heavy atom. The van der Waals surface area contributed by atoms with E-state index in [-0.39, 0.29) is 12.5 Å². The predicted molar refractivity (Wildman–Crippen MR) is 122 cm³/mol. The van der Waals surface area contributed by atoms with E-state index in [0.717, 1.165) is 16.8 Å². The average molecular weight is 440 g/mol. The number of para-hydroxylation sites is 1. The summed E-state index contributed by atoms with van der Waals surface area (Å²) in [4.78, 5) is 37.7. The van der Waals surface area contributed by atoms with Crippen LogP contribution in [0.4, 0.5) is 5.69 Å². The van der Waals surface area contributed by atoms with Crippen LogP contribution in [0, 0.1) is 13.8 Å². The number of hydrogen-bond acceptors (Lipinski definition) is 6. The van der Waals surface area contributed by atoms with E-state index in [2.05, 4.69) is 5.32 Å². The molecule has 2 rings (SSSR count). The molecule has 0 unspecified atom stereocenters. The van der Waals surface area contributed by atoms with Gasteiger partial charge in [0.15, 0.2) is 6.61 Å². The highest BCUT2D eigenvalue weighted by Gasteiger charge is 2.16. The van der Waals surface area contributed by atoms with Crippen molar-refractivity contribution in [3.63, 3.8) is 0 Å². The highest BCUT2D eigenvalue weighted by atomic mass is 16.5. The molecule has 0 fully saturated rings. The van der Waals surface area contributed by atoms with Gasteiger partial charge in [0.25, 0.3) is 5.91 Å². The molecule has 0 aliphatic heterocycles. The maximum absolute atomic E-state index is 12.3. The molecule has 2 amide bonds. The standard InChI is InChI=1S/C24H28N2O6/c1-16-7-6-8-17(2)24(16)25-21(27)14-26(3)22(28)15-32-23(29)12-10-18-9-11-19(30-4)13-20(18)31-5/h6-13H,14-15H2,1-5H3,(H,25,27). The molecule has 32 heavy (non-hydrogen) atoms. The molecule has 2 aromatic carbocycles. The summed E-state index contributed by atoms with van der Waals surface area (Å²) in [7, 11) is 4.52. The van der Waals surface area contributed by atoms with Gasteiger partial charge in [0.2, 0.25) is 5.91 Å². The van der Waals surface area contributed by atoms with Crippen LogP contribution in [0.25, 0.3) is 6.08 Å². The average Bonchev–Trinajstić information content (AvgIpc) is 2.78. The van der Waals surface area contributed by atoms with Gasteiger partial charge in [0.05, 0.1) is 20.8 Å². The van der Waals surface area contributed by atoms with Gasteiger partial charge < -0.3 is 24.4 Å². The van der Waals surface area contributed by atoms with Crippen molar-refractivity contribution in [1.29, 1.82) is 0 Å². The van der Waals surface area contributed by atoms with E-state index in [1.54, 1.807) is 25.3 Å². The van der Waals surface area contributed by atoms with Gasteiger partial charge >= 0.3 is 5.97 Å². The Kier molecular flexibility index (Phi) is 8.83. The molecule has 0 aliphatic rings. The lowest BCUT2D eigenvalue weighted by Crippen LogP contribution is -2.37. The number of rotatable bonds is 9. The number of nitrogens with one attached hydrogen (secondary N) is 1. The number of carbonyl (C=O) groups is 3. The number of carbonyl (C=O) groups excluding carboxylic acids is 3. The van der Waals surface area contributed by atoms with Gasteiger partial charge in [-0.1, -0.05) is 18.2 Å². The summed E-state index contributed by atoms with van der Waals surface area (Å²) in [6.07, 6.45) is 2.72. The molecular weight excluding hydrogens is 412 g/mol. The molecule has 0 heterocycles. The van der Waals surface area contributed by atoms with E-state index in [4.69, 9.17) is 14.2 Å². The van der Waals surface area contributed by atoms with Crippen molar-refractivity contribution >= 4 is 29.5 Å². The van der Waals surface area contributed by atoms with Gasteiger partial charge in [0.1, 0.15) is 11.5 Å². The third kappa shape index (κ3) is 6.87. The van der Waals surface area contributed by atoms with Gasteiger partial charge in [-0.3, -0.25) is 9.59 Å². The van der Waals surface area contributed by atoms with E-state index < -0.39 is 18.5 Å². The molecule has 170 valence electrons. The summed E-state index contributed by atoms with van der Waals surface area (Å²) in [5.74, 6) is -0.373. The zero-order chi connectivity index (χ0) is 23.7. The Balaban J connectivity index is 1.85. The maximum Gasteiger partial charge on any atom is 0.331 e. The second-order valence-corrected chi connectivity index (χ2v) is 7.11. The van der Waals surface area contributed by atoms with Gasteiger partial charge in [-0.2, -0.15) is 0 Å². The molecule has 0 bridgehead atoms. The number of likely N-dealkylation sites (N-methyl/N-ethyl adjacent to an activating group) is 1. The van der Waals surface area contributed by atoms with Crippen LogP contribution in [0.3, 0.4) is 0 Å². The number of ether oxygens (including phenoxy) is 3. The van der Waals surface area contributed by atoms with Crippen molar-refractivity contribution < 1.29 is 28.6 Å². The molecule has 0 spiro atoms. The molecule has 0 saturated heterocycles. The molecule has 8 heteroatoms. The Labute approximate surface area is 187 Å². The zero-order valence-corrected chi connectivity index (χ0v) is 18.9. The van der Waals surface area contributed by atoms with Crippen LogP contribution >= 0.6 is 0 Å². The van der Waals surface area contributed by atoms with Crippen molar-refractivity contribution in [3.8, 4) is 11.5 Å². The fraction of sp³-hybridized carbons (Fsp3) is 0.292. The highest BCUT2D eigenvalue weighted by Crippen LogP contribution is 2.25. The summed E-state index contributed by atoms with van der Waals surface area (Å²) in [6.45, 7) is 3.15. The van der Waals surface area contributed by atoms with E-state index in [9.17, 15) is 14.4 Å². The summed E-state index contributed by atoms with van der Waals surface area (Å²) in [5, 5.41) is 2.81. The first-order chi connectivity index (χ1) is 15.2. The van der Waals surface area contributed by atoms with Crippen LogP contribution in [0.5, 0.6) is 11.5 Å². The minimum absolute atomic E-state index is 0.164. The third-order valence-corrected chi connectivity index (χ3v) is 4.73. The van der Waals surface area contributed by atoms with Crippen molar-refractivity contribution in [1.82, 2.24) is 4.90 Å². The fourth-order valence-electron chi connectivity index (χ4n) is 2.90. The highest BCUT2D eigenvalue weighted by molar-refractivity contribution is 5.96. The monoisotopic (exact) mass is 440 g/mol. The lowest BCUT2D eigenvalue weighted by molar-refractivity contribution is -0.148. The third-order valence-electron chi connectivity index (χ3n) is 4.73. The second-order valence-electron chi connectivity index (χ2n) is 7.11. The Morgan fingerprint density at radius 2 is 1.72 bits per heavy atom. The Bertz CT molecular complexity index is 995. The molecular formula is C24H28N2O6. The number of anilines is 1. The van der Waals surface area contributed by atoms with Crippen LogP contribution in [-0.4, -0.2) is 57.1 Å². The van der Waals surface area contributed by atoms with Crippen molar-refractivity contribution in [2.45, 2.75) is 13.8 Å². The minimum Gasteiger partial charge on any atom is -0.497 e. The van der Waals surface area contributed by atoms with Crippen LogP contribution < -0.4 is 14.8 Å². The van der Waals surface area contributed by atoms with E-state index in [1.165, 1.54) is 31.2 Å². The molecule has 2 aromatic rings. The second kappa shape index (κ2) is 11.5. The lowest BCUT2D eigenvalue weighted by atomic mass is 10.1. The number of hydrogen-bond donors (Lipinski definition) is 1. The number of methoxy groups -OCH3 is 2. The quantitative estimate of drug-likeness (QED) is 0.476. The number of esters is 1. The summed E-state index contributed by atoms with van der Waals surface area (Å²) in [5.41, 5.74) is 3.24. The normalized spacial score (nSPS) is 10.5. The molecule has 0 saturated carbocycles. The fourth-order valence-corrected chi connectivity index (χ4v) is 2.90. The Morgan fingerprint density at radius 3 is 2.34 bits per heavy atom. The van der Waals surface area contributed by atoms with E-state index in [1.807, 2.05) is 32.0 Å². The van der Waals surface area contributed by atoms with Crippen molar-refractivity contribution in [2.75, 3.05) is 39.7 Å². The van der Waals surface area contributed by atoms with E-state index in [0.29, 0.717) is 17.1 Å². The smallest absolute Gasteiger partial charge is 0.331 e. The van der Waals surface area contributed by atoms with Crippen LogP contribution in [0.1, 0.15) is 16.7 Å². The molecule has 0 aliphatic carbocycles. The first-order valence-corrected chi connectivity index (χ1v) is 9.92. The Hall–Kier alpha value is -3.81. The molecule has 0 atom stereocenters. The molecule has 8 nitrogen and oxygen atoms in total. The van der Waals surface area contributed by atoms with E-state index >= 15 is 0 Å². The lowest BCUT2D eigenvalue weighted by Gasteiger charge is -2.18. The zero-order valence-electron chi connectivity index (χ0n) is 18.9. The van der Waals surface area contributed by atoms with Gasteiger partial charge in [-0.15, -0.1) is 0 Å². The SMILES string of the molecule is COc1ccc(C=CC(=O)OCC(=O)N(C)CC(=O)Nc2c(C)cccc2C)c(OC)c1. The number of amides is 2. The number of aryl methyl sites for hydroxylation is 2. The predicted octanol–water partition coefficient (Wildman–Crippen LogP) is 2.97. The maximum atomic E-state index is 12.3. The molecule has 0 radical (unpaired) electrons. The summed E-state index contributed by atoms with van der Waals surface area (Å²) >= 11 is 0. The van der Waals surface area contributed by atoms with Crippen LogP contribution in [-0.2, 0) is 19.1 Å². The van der Waals surface area contributed by atoms with Gasteiger partial charge in [-0.05, 0) is 43.2 Å². The van der Waals surface area contributed by atoms with Crippen LogP contribution in [0.2, 0.25) is 0 Å². The molecule has 0 aromatic heterocycles. The first-order valence-electron chi connectivity index (χ1n) is 9.92. The molecule has 1 N–H and O–H groups in total.